The average Bonchev–Trinajstić information content (AvgIpc) is 2.04. The number of halogens is 2. The van der Waals surface area contributed by atoms with Crippen molar-refractivity contribution in [2.45, 2.75) is 45.4 Å². The summed E-state index contributed by atoms with van der Waals surface area (Å²) in [5.41, 5.74) is 1.46. The Kier molecular flexibility index (Phi) is 8.66. The van der Waals surface area contributed by atoms with Crippen molar-refractivity contribution in [3.8, 4) is 0 Å². The van der Waals surface area contributed by atoms with Gasteiger partial charge in [-0.1, -0.05) is 55.8 Å². The summed E-state index contributed by atoms with van der Waals surface area (Å²) < 4.78 is 0. The lowest BCUT2D eigenvalue weighted by molar-refractivity contribution is 0.635. The molecular weight excluding hydrogens is 179 g/mol. The Morgan fingerprint density at radius 1 is 1.18 bits per heavy atom. The van der Waals surface area contributed by atoms with E-state index in [9.17, 15) is 0 Å². The van der Waals surface area contributed by atoms with Crippen LogP contribution in [0.2, 0.25) is 0 Å². The monoisotopic (exact) mass is 194 g/mol. The fraction of sp³-hybridized carbons (Fsp3) is 0.778. The van der Waals surface area contributed by atoms with Gasteiger partial charge in [-0.25, -0.2) is 0 Å². The smallest absolute Gasteiger partial charge is 0.0293 e. The van der Waals surface area contributed by atoms with Gasteiger partial charge in [0.15, 0.2) is 0 Å². The van der Waals surface area contributed by atoms with Crippen molar-refractivity contribution in [3.05, 3.63) is 10.6 Å². The summed E-state index contributed by atoms with van der Waals surface area (Å²) in [4.78, 5) is 0. The standard InChI is InChI=1S/C9H16Cl2/c1-2-3-4-5-6-7-9(11)8-10/h8H,2-7H2,1H3. The van der Waals surface area contributed by atoms with Crippen LogP contribution in [0.15, 0.2) is 10.6 Å². The van der Waals surface area contributed by atoms with Crippen molar-refractivity contribution in [1.82, 2.24) is 0 Å². The van der Waals surface area contributed by atoms with Crippen LogP contribution < -0.4 is 0 Å². The molecule has 0 saturated carbocycles. The molecule has 0 nitrogen and oxygen atoms in total. The maximum Gasteiger partial charge on any atom is 0.0293 e. The van der Waals surface area contributed by atoms with Crippen LogP contribution in [0, 0.1) is 0 Å². The summed E-state index contributed by atoms with van der Waals surface area (Å²) in [6.45, 7) is 2.21. The quantitative estimate of drug-likeness (QED) is 0.540. The van der Waals surface area contributed by atoms with E-state index in [1.54, 1.807) is 0 Å². The predicted octanol–water partition coefficient (Wildman–Crippen LogP) is 4.67. The van der Waals surface area contributed by atoms with E-state index in [1.165, 1.54) is 37.6 Å². The molecule has 0 atom stereocenters. The second kappa shape index (κ2) is 8.42. The topological polar surface area (TPSA) is 0 Å². The first-order valence-corrected chi connectivity index (χ1v) is 5.07. The predicted molar refractivity (Wildman–Crippen MR) is 53.2 cm³/mol. The first kappa shape index (κ1) is 11.3. The van der Waals surface area contributed by atoms with Crippen molar-refractivity contribution in [2.24, 2.45) is 0 Å². The Morgan fingerprint density at radius 3 is 2.36 bits per heavy atom. The van der Waals surface area contributed by atoms with E-state index in [0.717, 1.165) is 11.5 Å². The average molecular weight is 195 g/mol. The first-order chi connectivity index (χ1) is 5.31. The van der Waals surface area contributed by atoms with Gasteiger partial charge in [0.1, 0.15) is 0 Å². The molecule has 2 heteroatoms. The number of hydrogen-bond donors (Lipinski definition) is 0. The highest BCUT2D eigenvalue weighted by atomic mass is 35.5. The summed E-state index contributed by atoms with van der Waals surface area (Å²) in [7, 11) is 0. The largest absolute Gasteiger partial charge is 0.0917 e. The zero-order valence-corrected chi connectivity index (χ0v) is 8.59. The van der Waals surface area contributed by atoms with Gasteiger partial charge in [-0.2, -0.15) is 0 Å². The van der Waals surface area contributed by atoms with Gasteiger partial charge in [0.2, 0.25) is 0 Å². The Morgan fingerprint density at radius 2 is 1.82 bits per heavy atom. The van der Waals surface area contributed by atoms with Crippen LogP contribution >= 0.6 is 23.2 Å². The van der Waals surface area contributed by atoms with Gasteiger partial charge in [-0.3, -0.25) is 0 Å². The van der Waals surface area contributed by atoms with Crippen LogP contribution in [0.25, 0.3) is 0 Å². The van der Waals surface area contributed by atoms with E-state index in [1.807, 2.05) is 0 Å². The van der Waals surface area contributed by atoms with Gasteiger partial charge in [-0.15, -0.1) is 0 Å². The molecule has 0 rings (SSSR count). The molecule has 0 N–H and O–H groups in total. The van der Waals surface area contributed by atoms with Crippen LogP contribution in [0.3, 0.4) is 0 Å². The molecule has 0 fully saturated rings. The lowest BCUT2D eigenvalue weighted by atomic mass is 10.1. The third-order valence-corrected chi connectivity index (χ3v) is 2.31. The summed E-state index contributed by atoms with van der Waals surface area (Å²) >= 11 is 11.1. The van der Waals surface area contributed by atoms with Crippen molar-refractivity contribution in [3.63, 3.8) is 0 Å². The Bertz CT molecular complexity index is 108. The Hall–Kier alpha value is 0.320. The maximum atomic E-state index is 5.71. The third-order valence-electron chi connectivity index (χ3n) is 1.64. The van der Waals surface area contributed by atoms with Gasteiger partial charge in [0.25, 0.3) is 0 Å². The zero-order chi connectivity index (χ0) is 8.53. The van der Waals surface area contributed by atoms with Crippen LogP contribution in [-0.4, -0.2) is 0 Å². The summed E-state index contributed by atoms with van der Waals surface area (Å²) in [6, 6.07) is 0. The summed E-state index contributed by atoms with van der Waals surface area (Å²) in [5.74, 6) is 0. The molecule has 11 heavy (non-hydrogen) atoms. The molecule has 0 radical (unpaired) electrons. The van der Waals surface area contributed by atoms with Crippen LogP contribution in [0.5, 0.6) is 0 Å². The maximum absolute atomic E-state index is 5.71. The van der Waals surface area contributed by atoms with E-state index in [2.05, 4.69) is 6.92 Å². The summed E-state index contributed by atoms with van der Waals surface area (Å²) in [6.07, 6.45) is 7.33. The Labute approximate surface area is 79.6 Å². The molecule has 0 saturated heterocycles. The lowest BCUT2D eigenvalue weighted by Gasteiger charge is -1.97. The minimum atomic E-state index is 0.781. The minimum Gasteiger partial charge on any atom is -0.0917 e. The molecule has 66 valence electrons. The molecule has 0 spiro atoms. The molecule has 0 aromatic carbocycles. The molecule has 0 unspecified atom stereocenters. The van der Waals surface area contributed by atoms with Crippen molar-refractivity contribution >= 4 is 23.2 Å². The molecular formula is C9H16Cl2. The second-order valence-electron chi connectivity index (χ2n) is 2.72. The zero-order valence-electron chi connectivity index (χ0n) is 7.08. The van der Waals surface area contributed by atoms with E-state index in [0.29, 0.717) is 0 Å². The van der Waals surface area contributed by atoms with E-state index in [4.69, 9.17) is 23.2 Å². The van der Waals surface area contributed by atoms with Crippen molar-refractivity contribution in [1.29, 1.82) is 0 Å². The van der Waals surface area contributed by atoms with Crippen molar-refractivity contribution < 1.29 is 0 Å². The van der Waals surface area contributed by atoms with Gasteiger partial charge in [0.05, 0.1) is 0 Å². The van der Waals surface area contributed by atoms with Crippen LogP contribution in [-0.2, 0) is 0 Å². The lowest BCUT2D eigenvalue weighted by Crippen LogP contribution is -1.77. The molecule has 0 aromatic rings. The fourth-order valence-electron chi connectivity index (χ4n) is 0.952. The van der Waals surface area contributed by atoms with Crippen LogP contribution in [0.1, 0.15) is 45.4 Å². The molecule has 0 aliphatic carbocycles. The highest BCUT2D eigenvalue weighted by Crippen LogP contribution is 2.14. The van der Waals surface area contributed by atoms with Gasteiger partial charge >= 0.3 is 0 Å². The number of unbranched alkanes of at least 4 members (excludes halogenated alkanes) is 4. The molecule has 0 aliphatic heterocycles. The molecule has 0 bridgehead atoms. The van der Waals surface area contributed by atoms with E-state index < -0.39 is 0 Å². The molecule has 0 aromatic heterocycles. The molecule has 0 aliphatic rings. The molecule has 0 amide bonds. The van der Waals surface area contributed by atoms with E-state index >= 15 is 0 Å². The normalized spacial score (nSPS) is 12.1. The Balaban J connectivity index is 3.02. The van der Waals surface area contributed by atoms with Crippen LogP contribution in [0.4, 0.5) is 0 Å². The summed E-state index contributed by atoms with van der Waals surface area (Å²) in [5, 5.41) is 0.781. The number of allylic oxidation sites excluding steroid dienone is 1. The SMILES string of the molecule is CCCCCCCC(Cl)=CCl. The van der Waals surface area contributed by atoms with Crippen molar-refractivity contribution in [2.75, 3.05) is 0 Å². The third kappa shape index (κ3) is 8.22. The number of hydrogen-bond acceptors (Lipinski definition) is 0. The minimum absolute atomic E-state index is 0.781. The highest BCUT2D eigenvalue weighted by Gasteiger charge is 1.92. The van der Waals surface area contributed by atoms with Gasteiger partial charge in [0, 0.05) is 10.6 Å². The highest BCUT2D eigenvalue weighted by molar-refractivity contribution is 6.36. The van der Waals surface area contributed by atoms with Gasteiger partial charge < -0.3 is 0 Å². The second-order valence-corrected chi connectivity index (χ2v) is 3.42. The fourth-order valence-corrected chi connectivity index (χ4v) is 1.19. The van der Waals surface area contributed by atoms with Gasteiger partial charge in [-0.05, 0) is 12.8 Å². The number of rotatable bonds is 6. The first-order valence-electron chi connectivity index (χ1n) is 4.26. The van der Waals surface area contributed by atoms with E-state index in [-0.39, 0.29) is 0 Å². The molecule has 0 heterocycles.